The molecule has 0 aliphatic carbocycles. The lowest BCUT2D eigenvalue weighted by atomic mass is 10.1. The first-order chi connectivity index (χ1) is 10.0. The van der Waals surface area contributed by atoms with Crippen LogP contribution in [-0.4, -0.2) is 10.8 Å². The maximum absolute atomic E-state index is 12.0. The van der Waals surface area contributed by atoms with Crippen LogP contribution in [0.5, 0.6) is 0 Å². The maximum Gasteiger partial charge on any atom is 0.294 e. The summed E-state index contributed by atoms with van der Waals surface area (Å²) >= 11 is 1.59. The molecule has 4 N–H and O–H groups in total. The number of amides is 1. The maximum atomic E-state index is 12.0. The van der Waals surface area contributed by atoms with Gasteiger partial charge >= 0.3 is 0 Å². The smallest absolute Gasteiger partial charge is 0.294 e. The average molecular weight is 306 g/mol. The second-order valence-corrected chi connectivity index (χ2v) is 5.70. The fourth-order valence-electron chi connectivity index (χ4n) is 1.80. The monoisotopic (exact) mass is 306 g/mol. The van der Waals surface area contributed by atoms with Gasteiger partial charge in [0.15, 0.2) is 0 Å². The molecule has 2 rings (SSSR count). The molecule has 1 aromatic carbocycles. The minimum atomic E-state index is -0.589. The number of hydrazine groups is 1. The van der Waals surface area contributed by atoms with E-state index in [0.717, 1.165) is 9.75 Å². The first-order valence-corrected chi connectivity index (χ1v) is 6.91. The lowest BCUT2D eigenvalue weighted by Crippen LogP contribution is -2.22. The summed E-state index contributed by atoms with van der Waals surface area (Å²) in [5, 5.41) is 13.6. The van der Waals surface area contributed by atoms with Gasteiger partial charge in [-0.2, -0.15) is 0 Å². The average Bonchev–Trinajstić information content (AvgIpc) is 2.89. The Balaban J connectivity index is 2.12. The lowest BCUT2D eigenvalue weighted by Gasteiger charge is -2.06. The Morgan fingerprint density at radius 1 is 1.38 bits per heavy atom. The molecule has 0 spiro atoms. The first kappa shape index (κ1) is 14.9. The number of benzene rings is 1. The molecule has 1 aromatic heterocycles. The predicted octanol–water partition coefficient (Wildman–Crippen LogP) is 2.18. The number of aryl methyl sites for hydroxylation is 1. The lowest BCUT2D eigenvalue weighted by molar-refractivity contribution is -0.384. The Kier molecular flexibility index (Phi) is 4.51. The number of nitrogens with zero attached hydrogens (tertiary/aromatic N) is 1. The van der Waals surface area contributed by atoms with Crippen molar-refractivity contribution in [3.05, 3.63) is 55.8 Å². The number of rotatable bonds is 5. The van der Waals surface area contributed by atoms with Crippen molar-refractivity contribution >= 4 is 28.6 Å². The van der Waals surface area contributed by atoms with Gasteiger partial charge in [-0.15, -0.1) is 11.3 Å². The van der Waals surface area contributed by atoms with E-state index in [9.17, 15) is 14.9 Å². The van der Waals surface area contributed by atoms with Gasteiger partial charge in [-0.05, 0) is 31.2 Å². The van der Waals surface area contributed by atoms with Crippen LogP contribution in [-0.2, 0) is 6.54 Å². The standard InChI is InChI=1S/C13H14N4O3S/c1-8-2-4-10(21-8)7-15-13(18)9-3-5-11(16-14)12(6-9)17(19)20/h2-6,16H,7,14H2,1H3,(H,15,18). The molecule has 1 amide bonds. The van der Waals surface area contributed by atoms with E-state index >= 15 is 0 Å². The summed E-state index contributed by atoms with van der Waals surface area (Å²) in [7, 11) is 0. The Hall–Kier alpha value is -2.45. The van der Waals surface area contributed by atoms with Crippen LogP contribution in [0.15, 0.2) is 30.3 Å². The highest BCUT2D eigenvalue weighted by molar-refractivity contribution is 7.11. The topological polar surface area (TPSA) is 110 Å². The molecule has 0 atom stereocenters. The molecule has 0 saturated heterocycles. The molecular formula is C13H14N4O3S. The zero-order valence-corrected chi connectivity index (χ0v) is 12.1. The molecule has 0 saturated carbocycles. The summed E-state index contributed by atoms with van der Waals surface area (Å²) < 4.78 is 0. The summed E-state index contributed by atoms with van der Waals surface area (Å²) in [5.41, 5.74) is 2.37. The molecule has 0 radical (unpaired) electrons. The molecular weight excluding hydrogens is 292 g/mol. The molecule has 0 aliphatic heterocycles. The number of carbonyl (C=O) groups is 1. The quantitative estimate of drug-likeness (QED) is 0.445. The largest absolute Gasteiger partial charge is 0.347 e. The van der Waals surface area contributed by atoms with Gasteiger partial charge in [0.25, 0.3) is 11.6 Å². The van der Waals surface area contributed by atoms with Crippen molar-refractivity contribution in [2.45, 2.75) is 13.5 Å². The van der Waals surface area contributed by atoms with Crippen LogP contribution < -0.4 is 16.6 Å². The van der Waals surface area contributed by atoms with E-state index in [1.54, 1.807) is 11.3 Å². The number of carbonyl (C=O) groups excluding carboxylic acids is 1. The van der Waals surface area contributed by atoms with E-state index in [1.165, 1.54) is 18.2 Å². The second-order valence-electron chi connectivity index (χ2n) is 4.33. The first-order valence-electron chi connectivity index (χ1n) is 6.10. The van der Waals surface area contributed by atoms with Crippen LogP contribution >= 0.6 is 11.3 Å². The van der Waals surface area contributed by atoms with Crippen molar-refractivity contribution < 1.29 is 9.72 Å². The zero-order valence-electron chi connectivity index (χ0n) is 11.3. The summed E-state index contributed by atoms with van der Waals surface area (Å²) in [4.78, 5) is 24.5. The molecule has 21 heavy (non-hydrogen) atoms. The van der Waals surface area contributed by atoms with E-state index in [0.29, 0.717) is 6.54 Å². The summed E-state index contributed by atoms with van der Waals surface area (Å²) in [6, 6.07) is 7.99. The van der Waals surface area contributed by atoms with Crippen molar-refractivity contribution in [1.82, 2.24) is 5.32 Å². The van der Waals surface area contributed by atoms with E-state index in [2.05, 4.69) is 10.7 Å². The number of nitrogens with two attached hydrogens (primary N) is 1. The highest BCUT2D eigenvalue weighted by Crippen LogP contribution is 2.24. The number of hydrogen-bond donors (Lipinski definition) is 3. The summed E-state index contributed by atoms with van der Waals surface area (Å²) in [6.45, 7) is 2.37. The molecule has 7 nitrogen and oxygen atoms in total. The number of thiophene rings is 1. The van der Waals surface area contributed by atoms with Gasteiger partial charge in [0.2, 0.25) is 0 Å². The van der Waals surface area contributed by atoms with Crippen LogP contribution in [0.25, 0.3) is 0 Å². The minimum Gasteiger partial charge on any atom is -0.347 e. The molecule has 8 heteroatoms. The number of nitrogens with one attached hydrogen (secondary N) is 2. The van der Waals surface area contributed by atoms with E-state index < -0.39 is 4.92 Å². The van der Waals surface area contributed by atoms with Crippen LogP contribution in [0.3, 0.4) is 0 Å². The van der Waals surface area contributed by atoms with Gasteiger partial charge in [-0.25, -0.2) is 0 Å². The van der Waals surface area contributed by atoms with Gasteiger partial charge in [0.05, 0.1) is 11.5 Å². The van der Waals surface area contributed by atoms with Crippen LogP contribution in [0.4, 0.5) is 11.4 Å². The Morgan fingerprint density at radius 2 is 2.14 bits per heavy atom. The van der Waals surface area contributed by atoms with Crippen molar-refractivity contribution in [2.75, 3.05) is 5.43 Å². The summed E-state index contributed by atoms with van der Waals surface area (Å²) in [6.07, 6.45) is 0. The van der Waals surface area contributed by atoms with Gasteiger partial charge < -0.3 is 10.7 Å². The van der Waals surface area contributed by atoms with Crippen molar-refractivity contribution in [2.24, 2.45) is 5.84 Å². The van der Waals surface area contributed by atoms with Crippen molar-refractivity contribution in [3.63, 3.8) is 0 Å². The molecule has 2 aromatic rings. The number of nitro benzene ring substituents is 1. The zero-order chi connectivity index (χ0) is 15.4. The van der Waals surface area contributed by atoms with E-state index in [4.69, 9.17) is 5.84 Å². The Labute approximate surface area is 124 Å². The number of hydrogen-bond acceptors (Lipinski definition) is 6. The van der Waals surface area contributed by atoms with E-state index in [1.807, 2.05) is 19.1 Å². The van der Waals surface area contributed by atoms with E-state index in [-0.39, 0.29) is 22.8 Å². The van der Waals surface area contributed by atoms with Crippen LogP contribution in [0.1, 0.15) is 20.1 Å². The Morgan fingerprint density at radius 3 is 2.71 bits per heavy atom. The number of nitro groups is 1. The third-order valence-electron chi connectivity index (χ3n) is 2.83. The fraction of sp³-hybridized carbons (Fsp3) is 0.154. The van der Waals surface area contributed by atoms with Gasteiger partial charge in [-0.1, -0.05) is 0 Å². The van der Waals surface area contributed by atoms with Gasteiger partial charge in [0.1, 0.15) is 5.69 Å². The number of nitrogen functional groups attached to an aromatic ring is 1. The predicted molar refractivity (Wildman–Crippen MR) is 81.1 cm³/mol. The number of anilines is 1. The molecule has 0 aliphatic rings. The highest BCUT2D eigenvalue weighted by atomic mass is 32.1. The molecule has 0 bridgehead atoms. The van der Waals surface area contributed by atoms with Crippen LogP contribution in [0.2, 0.25) is 0 Å². The highest BCUT2D eigenvalue weighted by Gasteiger charge is 2.16. The molecule has 1 heterocycles. The normalized spacial score (nSPS) is 10.2. The SMILES string of the molecule is Cc1ccc(CNC(=O)c2ccc(NN)c([N+](=O)[O-])c2)s1. The third-order valence-corrected chi connectivity index (χ3v) is 3.83. The minimum absolute atomic E-state index is 0.158. The Bertz CT molecular complexity index is 684. The third kappa shape index (κ3) is 3.56. The van der Waals surface area contributed by atoms with Crippen molar-refractivity contribution in [1.29, 1.82) is 0 Å². The van der Waals surface area contributed by atoms with Gasteiger partial charge in [-0.3, -0.25) is 20.8 Å². The second kappa shape index (κ2) is 6.33. The summed E-state index contributed by atoms with van der Waals surface area (Å²) in [5.74, 6) is 4.83. The molecule has 0 fully saturated rings. The molecule has 110 valence electrons. The van der Waals surface area contributed by atoms with Crippen molar-refractivity contribution in [3.8, 4) is 0 Å². The fourth-order valence-corrected chi connectivity index (χ4v) is 2.63. The molecule has 0 unspecified atom stereocenters. The van der Waals surface area contributed by atoms with Gasteiger partial charge in [0, 0.05) is 21.4 Å². The van der Waals surface area contributed by atoms with Crippen LogP contribution in [0, 0.1) is 17.0 Å².